The molecular weight excluding hydrogens is 296 g/mol. The summed E-state index contributed by atoms with van der Waals surface area (Å²) in [4.78, 5) is 0. The highest BCUT2D eigenvalue weighted by Crippen LogP contribution is 2.52. The molecule has 0 aromatic heterocycles. The SMILES string of the molecule is BrCC(Cc1ccccc1)C1CC1c1ccccc1. The summed E-state index contributed by atoms with van der Waals surface area (Å²) in [7, 11) is 0. The summed E-state index contributed by atoms with van der Waals surface area (Å²) >= 11 is 3.71. The second-order valence-corrected chi connectivity index (χ2v) is 6.17. The van der Waals surface area contributed by atoms with Gasteiger partial charge in [0.2, 0.25) is 0 Å². The highest BCUT2D eigenvalue weighted by atomic mass is 79.9. The number of hydrogen-bond donors (Lipinski definition) is 0. The minimum Gasteiger partial charge on any atom is -0.0925 e. The molecule has 3 rings (SSSR count). The molecular formula is C18H19Br. The van der Waals surface area contributed by atoms with Crippen LogP contribution >= 0.6 is 15.9 Å². The molecule has 1 saturated carbocycles. The monoisotopic (exact) mass is 314 g/mol. The van der Waals surface area contributed by atoms with Gasteiger partial charge in [-0.3, -0.25) is 0 Å². The van der Waals surface area contributed by atoms with Gasteiger partial charge in [-0.25, -0.2) is 0 Å². The molecule has 3 unspecified atom stereocenters. The lowest BCUT2D eigenvalue weighted by molar-refractivity contribution is 0.507. The Bertz CT molecular complexity index is 506. The Morgan fingerprint density at radius 1 is 0.947 bits per heavy atom. The zero-order valence-electron chi connectivity index (χ0n) is 11.0. The van der Waals surface area contributed by atoms with Crippen LogP contribution in [0.1, 0.15) is 23.5 Å². The van der Waals surface area contributed by atoms with Gasteiger partial charge in [-0.05, 0) is 41.7 Å². The van der Waals surface area contributed by atoms with Gasteiger partial charge in [0.05, 0.1) is 0 Å². The molecule has 3 atom stereocenters. The van der Waals surface area contributed by atoms with E-state index in [1.807, 2.05) is 0 Å². The van der Waals surface area contributed by atoms with Gasteiger partial charge in [0.25, 0.3) is 0 Å². The van der Waals surface area contributed by atoms with Gasteiger partial charge in [-0.1, -0.05) is 76.6 Å². The maximum atomic E-state index is 3.71. The van der Waals surface area contributed by atoms with Crippen LogP contribution in [0.2, 0.25) is 0 Å². The van der Waals surface area contributed by atoms with Crippen LogP contribution in [0.15, 0.2) is 60.7 Å². The second kappa shape index (κ2) is 5.92. The largest absolute Gasteiger partial charge is 0.0925 e. The highest BCUT2D eigenvalue weighted by molar-refractivity contribution is 9.09. The predicted octanol–water partition coefficient (Wildman–Crippen LogP) is 5.04. The fourth-order valence-corrected chi connectivity index (χ4v) is 3.77. The molecule has 2 aromatic rings. The van der Waals surface area contributed by atoms with E-state index in [-0.39, 0.29) is 0 Å². The van der Waals surface area contributed by atoms with E-state index in [1.54, 1.807) is 0 Å². The summed E-state index contributed by atoms with van der Waals surface area (Å²) in [5.74, 6) is 2.39. The summed E-state index contributed by atoms with van der Waals surface area (Å²) in [5, 5.41) is 1.11. The molecule has 0 heterocycles. The van der Waals surface area contributed by atoms with Crippen molar-refractivity contribution in [3.8, 4) is 0 Å². The van der Waals surface area contributed by atoms with Crippen molar-refractivity contribution < 1.29 is 0 Å². The lowest BCUT2D eigenvalue weighted by Crippen LogP contribution is -2.09. The topological polar surface area (TPSA) is 0 Å². The third kappa shape index (κ3) is 3.09. The van der Waals surface area contributed by atoms with Crippen LogP contribution < -0.4 is 0 Å². The predicted molar refractivity (Wildman–Crippen MR) is 84.7 cm³/mol. The third-order valence-electron chi connectivity index (χ3n) is 4.21. The minimum atomic E-state index is 0.757. The first-order chi connectivity index (χ1) is 9.38. The van der Waals surface area contributed by atoms with Gasteiger partial charge in [0.1, 0.15) is 0 Å². The third-order valence-corrected chi connectivity index (χ3v) is 5.04. The fourth-order valence-electron chi connectivity index (χ4n) is 3.06. The quantitative estimate of drug-likeness (QED) is 0.678. The highest BCUT2D eigenvalue weighted by Gasteiger charge is 2.42. The van der Waals surface area contributed by atoms with E-state index in [1.165, 1.54) is 24.0 Å². The summed E-state index contributed by atoms with van der Waals surface area (Å²) in [6.45, 7) is 0. The maximum Gasteiger partial charge on any atom is 0.00657 e. The fraction of sp³-hybridized carbons (Fsp3) is 0.333. The first kappa shape index (κ1) is 12.9. The van der Waals surface area contributed by atoms with Crippen molar-refractivity contribution in [1.29, 1.82) is 0 Å². The standard InChI is InChI=1S/C18H19Br/c19-13-16(11-14-7-3-1-4-8-14)18-12-17(18)15-9-5-2-6-10-15/h1-10,16-18H,11-13H2. The molecule has 0 aliphatic heterocycles. The van der Waals surface area contributed by atoms with Crippen LogP contribution in [0.25, 0.3) is 0 Å². The number of hydrogen-bond acceptors (Lipinski definition) is 0. The molecule has 2 aromatic carbocycles. The van der Waals surface area contributed by atoms with Gasteiger partial charge >= 0.3 is 0 Å². The van der Waals surface area contributed by atoms with E-state index in [0.29, 0.717) is 0 Å². The van der Waals surface area contributed by atoms with Gasteiger partial charge in [-0.15, -0.1) is 0 Å². The number of rotatable bonds is 5. The maximum absolute atomic E-state index is 3.71. The van der Waals surface area contributed by atoms with E-state index in [2.05, 4.69) is 76.6 Å². The van der Waals surface area contributed by atoms with Crippen LogP contribution in [-0.2, 0) is 6.42 Å². The van der Waals surface area contributed by atoms with Crippen molar-refractivity contribution in [3.63, 3.8) is 0 Å². The molecule has 0 N–H and O–H groups in total. The van der Waals surface area contributed by atoms with Crippen LogP contribution in [0, 0.1) is 11.8 Å². The van der Waals surface area contributed by atoms with E-state index >= 15 is 0 Å². The molecule has 1 aliphatic rings. The Balaban J connectivity index is 1.65. The smallest absolute Gasteiger partial charge is 0.00657 e. The van der Waals surface area contributed by atoms with E-state index < -0.39 is 0 Å². The molecule has 0 saturated heterocycles. The molecule has 0 radical (unpaired) electrons. The molecule has 0 amide bonds. The van der Waals surface area contributed by atoms with Crippen molar-refractivity contribution in [3.05, 3.63) is 71.8 Å². The molecule has 1 heteroatoms. The van der Waals surface area contributed by atoms with Crippen LogP contribution in [0.5, 0.6) is 0 Å². The van der Waals surface area contributed by atoms with E-state index in [4.69, 9.17) is 0 Å². The molecule has 19 heavy (non-hydrogen) atoms. The van der Waals surface area contributed by atoms with Crippen molar-refractivity contribution in [2.75, 3.05) is 5.33 Å². The average Bonchev–Trinajstić information content (AvgIpc) is 3.27. The summed E-state index contributed by atoms with van der Waals surface area (Å²) < 4.78 is 0. The minimum absolute atomic E-state index is 0.757. The first-order valence-corrected chi connectivity index (χ1v) is 8.15. The Labute approximate surface area is 124 Å². The van der Waals surface area contributed by atoms with Gasteiger partial charge < -0.3 is 0 Å². The molecule has 1 aliphatic carbocycles. The number of halogens is 1. The number of alkyl halides is 1. The Hall–Kier alpha value is -1.08. The van der Waals surface area contributed by atoms with Crippen molar-refractivity contribution in [1.82, 2.24) is 0 Å². The molecule has 0 bridgehead atoms. The zero-order chi connectivity index (χ0) is 13.1. The molecule has 1 fully saturated rings. The Kier molecular flexibility index (Phi) is 4.03. The average molecular weight is 315 g/mol. The van der Waals surface area contributed by atoms with Crippen LogP contribution in [0.4, 0.5) is 0 Å². The first-order valence-electron chi connectivity index (χ1n) is 7.03. The Morgan fingerprint density at radius 3 is 2.21 bits per heavy atom. The molecule has 0 nitrogen and oxygen atoms in total. The van der Waals surface area contributed by atoms with Crippen LogP contribution in [0.3, 0.4) is 0 Å². The van der Waals surface area contributed by atoms with Gasteiger partial charge in [-0.2, -0.15) is 0 Å². The van der Waals surface area contributed by atoms with Crippen molar-refractivity contribution in [2.24, 2.45) is 11.8 Å². The molecule has 98 valence electrons. The number of benzene rings is 2. The molecule has 0 spiro atoms. The summed E-state index contributed by atoms with van der Waals surface area (Å²) in [5.41, 5.74) is 2.98. The van der Waals surface area contributed by atoms with Crippen molar-refractivity contribution in [2.45, 2.75) is 18.8 Å². The lowest BCUT2D eigenvalue weighted by atomic mass is 9.94. The Morgan fingerprint density at radius 2 is 1.58 bits per heavy atom. The lowest BCUT2D eigenvalue weighted by Gasteiger charge is -2.14. The van der Waals surface area contributed by atoms with E-state index in [9.17, 15) is 0 Å². The van der Waals surface area contributed by atoms with Crippen molar-refractivity contribution >= 4 is 15.9 Å². The zero-order valence-corrected chi connectivity index (χ0v) is 12.6. The second-order valence-electron chi connectivity index (χ2n) is 5.52. The summed E-state index contributed by atoms with van der Waals surface area (Å²) in [6, 6.07) is 21.8. The van der Waals surface area contributed by atoms with E-state index in [0.717, 1.165) is 23.1 Å². The summed E-state index contributed by atoms with van der Waals surface area (Å²) in [6.07, 6.45) is 2.55. The normalized spacial score (nSPS) is 23.0. The van der Waals surface area contributed by atoms with Gasteiger partial charge in [0, 0.05) is 5.33 Å². The van der Waals surface area contributed by atoms with Gasteiger partial charge in [0.15, 0.2) is 0 Å². The van der Waals surface area contributed by atoms with Crippen LogP contribution in [-0.4, -0.2) is 5.33 Å².